The van der Waals surface area contributed by atoms with Gasteiger partial charge in [-0.3, -0.25) is 9.10 Å². The van der Waals surface area contributed by atoms with Gasteiger partial charge in [-0.2, -0.15) is 0 Å². The second-order valence-corrected chi connectivity index (χ2v) is 8.38. The van der Waals surface area contributed by atoms with Crippen molar-refractivity contribution in [3.63, 3.8) is 0 Å². The van der Waals surface area contributed by atoms with E-state index in [-0.39, 0.29) is 10.8 Å². The first kappa shape index (κ1) is 21.3. The second kappa shape index (κ2) is 9.41. The molecular weight excluding hydrogens is 400 g/mol. The van der Waals surface area contributed by atoms with E-state index in [1.807, 2.05) is 18.2 Å². The number of hydrogen-bond acceptors (Lipinski definition) is 5. The zero-order chi connectivity index (χ0) is 21.6. The molecular formula is C22H24N4O3S. The van der Waals surface area contributed by atoms with Gasteiger partial charge in [0.1, 0.15) is 10.7 Å². The van der Waals surface area contributed by atoms with Gasteiger partial charge in [0.2, 0.25) is 0 Å². The number of carbonyl (C=O) groups is 1. The van der Waals surface area contributed by atoms with Crippen molar-refractivity contribution in [3.05, 3.63) is 84.1 Å². The van der Waals surface area contributed by atoms with Crippen LogP contribution in [0.1, 0.15) is 22.8 Å². The highest BCUT2D eigenvalue weighted by atomic mass is 32.2. The Morgan fingerprint density at radius 3 is 2.43 bits per heavy atom. The van der Waals surface area contributed by atoms with Crippen molar-refractivity contribution < 1.29 is 13.2 Å². The molecule has 2 N–H and O–H groups in total. The minimum Gasteiger partial charge on any atom is -0.366 e. The Balaban J connectivity index is 1.72. The number of carbonyl (C=O) groups excluding carboxylic acids is 1. The van der Waals surface area contributed by atoms with Gasteiger partial charge in [0.15, 0.2) is 0 Å². The predicted octanol–water partition coefficient (Wildman–Crippen LogP) is 3.27. The van der Waals surface area contributed by atoms with E-state index in [1.54, 1.807) is 56.4 Å². The smallest absolute Gasteiger partial charge is 0.265 e. The molecule has 8 heteroatoms. The van der Waals surface area contributed by atoms with Gasteiger partial charge in [0, 0.05) is 31.9 Å². The molecule has 1 amide bonds. The van der Waals surface area contributed by atoms with Crippen molar-refractivity contribution in [2.45, 2.75) is 18.4 Å². The van der Waals surface area contributed by atoms with E-state index in [0.717, 1.165) is 5.56 Å². The highest BCUT2D eigenvalue weighted by molar-refractivity contribution is 7.92. The molecule has 0 spiro atoms. The van der Waals surface area contributed by atoms with Gasteiger partial charge in [0.25, 0.3) is 15.9 Å². The largest absolute Gasteiger partial charge is 0.366 e. The van der Waals surface area contributed by atoms with Crippen LogP contribution < -0.4 is 14.9 Å². The van der Waals surface area contributed by atoms with Crippen LogP contribution in [0.4, 0.5) is 11.5 Å². The molecule has 0 aliphatic rings. The number of benzene rings is 2. The summed E-state index contributed by atoms with van der Waals surface area (Å²) in [5.41, 5.74) is 2.10. The summed E-state index contributed by atoms with van der Waals surface area (Å²) >= 11 is 0. The van der Waals surface area contributed by atoms with Gasteiger partial charge in [-0.05, 0) is 48.9 Å². The fourth-order valence-electron chi connectivity index (χ4n) is 3.01. The van der Waals surface area contributed by atoms with Crippen molar-refractivity contribution in [1.29, 1.82) is 0 Å². The molecule has 0 saturated carbocycles. The SMILES string of the molecule is CCN(c1ccccc1)S(=O)(=O)c1ccc(NCc2cccc(C(=O)NC)c2)nc1. The quantitative estimate of drug-likeness (QED) is 0.579. The monoisotopic (exact) mass is 424 g/mol. The number of hydrogen-bond donors (Lipinski definition) is 2. The topological polar surface area (TPSA) is 91.4 Å². The maximum atomic E-state index is 13.0. The van der Waals surface area contributed by atoms with Crippen molar-refractivity contribution in [2.24, 2.45) is 0 Å². The molecule has 2 aromatic carbocycles. The van der Waals surface area contributed by atoms with Gasteiger partial charge in [-0.1, -0.05) is 30.3 Å². The average molecular weight is 425 g/mol. The minimum absolute atomic E-state index is 0.125. The maximum absolute atomic E-state index is 13.0. The first-order chi connectivity index (χ1) is 14.5. The van der Waals surface area contributed by atoms with Crippen LogP contribution in [0.3, 0.4) is 0 Å². The van der Waals surface area contributed by atoms with Gasteiger partial charge in [-0.25, -0.2) is 13.4 Å². The second-order valence-electron chi connectivity index (χ2n) is 6.52. The van der Waals surface area contributed by atoms with E-state index in [0.29, 0.717) is 30.2 Å². The standard InChI is InChI=1S/C22H24N4O3S/c1-3-26(19-10-5-4-6-11-19)30(28,29)20-12-13-21(25-16-20)24-15-17-8-7-9-18(14-17)22(27)23-2/h4-14,16H,3,15H2,1-2H3,(H,23,27)(H,24,25). The molecule has 156 valence electrons. The number of amides is 1. The number of pyridine rings is 1. The van der Waals surface area contributed by atoms with Crippen LogP contribution >= 0.6 is 0 Å². The normalized spacial score (nSPS) is 11.0. The highest BCUT2D eigenvalue weighted by Gasteiger charge is 2.23. The van der Waals surface area contributed by atoms with Crippen molar-refractivity contribution >= 4 is 27.4 Å². The predicted molar refractivity (Wildman–Crippen MR) is 118 cm³/mol. The number of nitrogens with zero attached hydrogens (tertiary/aromatic N) is 2. The van der Waals surface area contributed by atoms with Crippen molar-refractivity contribution in [3.8, 4) is 0 Å². The summed E-state index contributed by atoms with van der Waals surface area (Å²) in [5, 5.41) is 5.74. The summed E-state index contributed by atoms with van der Waals surface area (Å²) in [4.78, 5) is 16.1. The molecule has 3 rings (SSSR count). The summed E-state index contributed by atoms with van der Waals surface area (Å²) in [6, 6.07) is 19.4. The zero-order valence-corrected chi connectivity index (χ0v) is 17.7. The van der Waals surface area contributed by atoms with Gasteiger partial charge < -0.3 is 10.6 Å². The number of nitrogens with one attached hydrogen (secondary N) is 2. The Hall–Kier alpha value is -3.39. The van der Waals surface area contributed by atoms with Crippen LogP contribution in [0.2, 0.25) is 0 Å². The van der Waals surface area contributed by atoms with E-state index in [4.69, 9.17) is 0 Å². The molecule has 1 aromatic heterocycles. The summed E-state index contributed by atoms with van der Waals surface area (Å²) in [5.74, 6) is 0.394. The maximum Gasteiger partial charge on any atom is 0.265 e. The fraction of sp³-hybridized carbons (Fsp3) is 0.182. The molecule has 0 unspecified atom stereocenters. The molecule has 0 bridgehead atoms. The highest BCUT2D eigenvalue weighted by Crippen LogP contribution is 2.23. The lowest BCUT2D eigenvalue weighted by atomic mass is 10.1. The summed E-state index contributed by atoms with van der Waals surface area (Å²) in [6.07, 6.45) is 1.35. The molecule has 7 nitrogen and oxygen atoms in total. The Morgan fingerprint density at radius 1 is 1.03 bits per heavy atom. The van der Waals surface area contributed by atoms with Crippen molar-refractivity contribution in [1.82, 2.24) is 10.3 Å². The Labute approximate surface area is 176 Å². The van der Waals surface area contributed by atoms with Crippen LogP contribution in [0, 0.1) is 0 Å². The first-order valence-corrected chi connectivity index (χ1v) is 11.0. The van der Waals surface area contributed by atoms with Gasteiger partial charge >= 0.3 is 0 Å². The lowest BCUT2D eigenvalue weighted by Crippen LogP contribution is -2.30. The van der Waals surface area contributed by atoms with Crippen LogP contribution in [0.25, 0.3) is 0 Å². The average Bonchev–Trinajstić information content (AvgIpc) is 2.78. The van der Waals surface area contributed by atoms with Crippen molar-refractivity contribution in [2.75, 3.05) is 23.2 Å². The molecule has 0 atom stereocenters. The molecule has 0 radical (unpaired) electrons. The molecule has 3 aromatic rings. The third-order valence-electron chi connectivity index (χ3n) is 4.55. The molecule has 0 saturated heterocycles. The number of aromatic nitrogens is 1. The van der Waals surface area contributed by atoms with E-state index in [1.165, 1.54) is 16.6 Å². The lowest BCUT2D eigenvalue weighted by Gasteiger charge is -2.22. The summed E-state index contributed by atoms with van der Waals surface area (Å²) in [7, 11) is -2.12. The first-order valence-electron chi connectivity index (χ1n) is 9.54. The third-order valence-corrected chi connectivity index (χ3v) is 6.43. The van der Waals surface area contributed by atoms with E-state index in [9.17, 15) is 13.2 Å². The van der Waals surface area contributed by atoms with Crippen LogP contribution in [-0.2, 0) is 16.6 Å². The summed E-state index contributed by atoms with van der Waals surface area (Å²) < 4.78 is 27.4. The molecule has 0 aliphatic carbocycles. The fourth-order valence-corrected chi connectivity index (χ4v) is 4.43. The molecule has 30 heavy (non-hydrogen) atoms. The van der Waals surface area contributed by atoms with E-state index >= 15 is 0 Å². The Morgan fingerprint density at radius 2 is 1.80 bits per heavy atom. The molecule has 0 fully saturated rings. The molecule has 0 aliphatic heterocycles. The van der Waals surface area contributed by atoms with Crippen LogP contribution in [0.15, 0.2) is 77.8 Å². The minimum atomic E-state index is -3.71. The van der Waals surface area contributed by atoms with E-state index in [2.05, 4.69) is 15.6 Å². The lowest BCUT2D eigenvalue weighted by molar-refractivity contribution is 0.0963. The van der Waals surface area contributed by atoms with Gasteiger partial charge in [-0.15, -0.1) is 0 Å². The van der Waals surface area contributed by atoms with Crippen LogP contribution in [0.5, 0.6) is 0 Å². The van der Waals surface area contributed by atoms with Gasteiger partial charge in [0.05, 0.1) is 5.69 Å². The number of anilines is 2. The van der Waals surface area contributed by atoms with Crippen LogP contribution in [-0.4, -0.2) is 32.9 Å². The Kier molecular flexibility index (Phi) is 6.68. The number of sulfonamides is 1. The number of para-hydroxylation sites is 1. The summed E-state index contributed by atoms with van der Waals surface area (Å²) in [6.45, 7) is 2.56. The zero-order valence-electron chi connectivity index (χ0n) is 16.9. The third kappa shape index (κ3) is 4.77. The molecule has 1 heterocycles. The number of rotatable bonds is 8. The Bertz CT molecular complexity index is 1100. The van der Waals surface area contributed by atoms with E-state index < -0.39 is 10.0 Å².